The molecule has 0 atom stereocenters. The van der Waals surface area contributed by atoms with E-state index in [1.807, 2.05) is 34.9 Å². The highest BCUT2D eigenvalue weighted by molar-refractivity contribution is 5.75. The van der Waals surface area contributed by atoms with E-state index in [2.05, 4.69) is 0 Å². The molecule has 0 saturated heterocycles. The molecule has 0 aliphatic heterocycles. The van der Waals surface area contributed by atoms with Crippen LogP contribution in [-0.4, -0.2) is 73.0 Å². The van der Waals surface area contributed by atoms with Gasteiger partial charge in [0.2, 0.25) is 0 Å². The third-order valence-electron chi connectivity index (χ3n) is 3.35. The molecule has 0 aliphatic rings. The van der Waals surface area contributed by atoms with Crippen molar-refractivity contribution in [1.82, 2.24) is 0 Å². The van der Waals surface area contributed by atoms with Gasteiger partial charge < -0.3 is 30.2 Å². The van der Waals surface area contributed by atoms with Crippen LogP contribution >= 0.6 is 0 Å². The molecule has 1 aromatic carbocycles. The molecule has 4 N–H and O–H groups in total. The first-order valence-corrected chi connectivity index (χ1v) is 7.22. The lowest BCUT2D eigenvalue weighted by atomic mass is 10.1. The minimum absolute atomic E-state index is 0.00618. The fourth-order valence-electron chi connectivity index (χ4n) is 2.48. The molecule has 0 aromatic heterocycles. The van der Waals surface area contributed by atoms with Crippen molar-refractivity contribution in [2.45, 2.75) is 6.92 Å². The largest absolute Gasteiger partial charge is 0.395 e. The molecule has 0 heterocycles. The second kappa shape index (κ2) is 9.57. The molecule has 0 fully saturated rings. The van der Waals surface area contributed by atoms with Crippen LogP contribution in [0.25, 0.3) is 0 Å². The van der Waals surface area contributed by atoms with Crippen molar-refractivity contribution >= 4 is 11.4 Å². The van der Waals surface area contributed by atoms with Gasteiger partial charge in [0.05, 0.1) is 37.8 Å². The van der Waals surface area contributed by atoms with Crippen molar-refractivity contribution in [3.8, 4) is 0 Å². The Kier molecular flexibility index (Phi) is 8.07. The van der Waals surface area contributed by atoms with Crippen LogP contribution in [-0.2, 0) is 0 Å². The third kappa shape index (κ3) is 4.86. The number of aliphatic hydroxyl groups is 4. The molecular formula is C15H26N2O4. The maximum absolute atomic E-state index is 9.23. The first kappa shape index (κ1) is 17.7. The summed E-state index contributed by atoms with van der Waals surface area (Å²) in [6, 6.07) is 5.82. The van der Waals surface area contributed by atoms with Crippen LogP contribution in [0.2, 0.25) is 0 Å². The lowest BCUT2D eigenvalue weighted by Crippen LogP contribution is -2.35. The van der Waals surface area contributed by atoms with Crippen molar-refractivity contribution < 1.29 is 20.4 Å². The Morgan fingerprint density at radius 1 is 0.762 bits per heavy atom. The average Bonchev–Trinajstić information content (AvgIpc) is 2.47. The zero-order chi connectivity index (χ0) is 15.7. The predicted molar refractivity (Wildman–Crippen MR) is 83.9 cm³/mol. The number of aryl methyl sites for hydroxylation is 1. The normalized spacial score (nSPS) is 10.7. The quantitative estimate of drug-likeness (QED) is 0.469. The Labute approximate surface area is 125 Å². The lowest BCUT2D eigenvalue weighted by Gasteiger charge is -2.32. The molecule has 0 aliphatic carbocycles. The highest BCUT2D eigenvalue weighted by atomic mass is 16.3. The number of anilines is 2. The van der Waals surface area contributed by atoms with Crippen molar-refractivity contribution in [2.24, 2.45) is 0 Å². The second-order valence-electron chi connectivity index (χ2n) is 4.81. The van der Waals surface area contributed by atoms with E-state index in [4.69, 9.17) is 0 Å². The van der Waals surface area contributed by atoms with Crippen LogP contribution < -0.4 is 9.80 Å². The summed E-state index contributed by atoms with van der Waals surface area (Å²) >= 11 is 0. The molecule has 6 nitrogen and oxygen atoms in total. The Hall–Kier alpha value is -1.34. The molecule has 1 rings (SSSR count). The Morgan fingerprint density at radius 2 is 1.24 bits per heavy atom. The SMILES string of the molecule is Cc1cccc(N(CCO)CCO)c1N(CCO)CCO. The standard InChI is InChI=1S/C15H26N2O4/c1-13-3-2-4-14(16(5-9-18)6-10-19)15(13)17(7-11-20)8-12-21/h2-4,18-21H,5-12H2,1H3. The molecule has 0 bridgehead atoms. The minimum atomic E-state index is -0.00657. The fourth-order valence-corrected chi connectivity index (χ4v) is 2.48. The summed E-state index contributed by atoms with van der Waals surface area (Å²) in [5, 5.41) is 36.9. The number of hydrogen-bond donors (Lipinski definition) is 4. The van der Waals surface area contributed by atoms with E-state index in [1.54, 1.807) is 0 Å². The molecule has 0 unspecified atom stereocenters. The second-order valence-corrected chi connectivity index (χ2v) is 4.81. The number of para-hydroxylation sites is 1. The van der Waals surface area contributed by atoms with Gasteiger partial charge in [-0.2, -0.15) is 0 Å². The number of nitrogens with zero attached hydrogens (tertiary/aromatic N) is 2. The molecular weight excluding hydrogens is 272 g/mol. The summed E-state index contributed by atoms with van der Waals surface area (Å²) in [4.78, 5) is 3.83. The van der Waals surface area contributed by atoms with E-state index < -0.39 is 0 Å². The van der Waals surface area contributed by atoms with E-state index in [-0.39, 0.29) is 26.4 Å². The number of hydrogen-bond acceptors (Lipinski definition) is 6. The summed E-state index contributed by atoms with van der Waals surface area (Å²) in [7, 11) is 0. The van der Waals surface area contributed by atoms with Crippen molar-refractivity contribution in [3.63, 3.8) is 0 Å². The molecule has 0 saturated carbocycles. The lowest BCUT2D eigenvalue weighted by molar-refractivity contribution is 0.278. The maximum Gasteiger partial charge on any atom is 0.0635 e. The van der Waals surface area contributed by atoms with E-state index >= 15 is 0 Å². The van der Waals surface area contributed by atoms with Gasteiger partial charge in [-0.25, -0.2) is 0 Å². The zero-order valence-electron chi connectivity index (χ0n) is 12.6. The summed E-state index contributed by atoms with van der Waals surface area (Å²) < 4.78 is 0. The fraction of sp³-hybridized carbons (Fsp3) is 0.600. The molecule has 0 spiro atoms. The van der Waals surface area contributed by atoms with Crippen LogP contribution in [0.1, 0.15) is 5.56 Å². The Morgan fingerprint density at radius 3 is 1.71 bits per heavy atom. The van der Waals surface area contributed by atoms with Crippen LogP contribution in [0.5, 0.6) is 0 Å². The summed E-state index contributed by atoms with van der Waals surface area (Å²) in [5.41, 5.74) is 2.83. The minimum Gasteiger partial charge on any atom is -0.395 e. The number of aliphatic hydroxyl groups excluding tert-OH is 4. The molecule has 0 amide bonds. The van der Waals surface area contributed by atoms with Gasteiger partial charge in [-0.15, -0.1) is 0 Å². The van der Waals surface area contributed by atoms with Gasteiger partial charge in [-0.1, -0.05) is 12.1 Å². The topological polar surface area (TPSA) is 87.4 Å². The maximum atomic E-state index is 9.23. The van der Waals surface area contributed by atoms with Crippen LogP contribution in [0, 0.1) is 6.92 Å². The van der Waals surface area contributed by atoms with Gasteiger partial charge >= 0.3 is 0 Å². The number of benzene rings is 1. The predicted octanol–water partition coefficient (Wildman–Crippen LogP) is -0.423. The third-order valence-corrected chi connectivity index (χ3v) is 3.35. The first-order valence-electron chi connectivity index (χ1n) is 7.22. The van der Waals surface area contributed by atoms with E-state index in [0.29, 0.717) is 26.2 Å². The summed E-state index contributed by atoms with van der Waals surface area (Å²) in [5.74, 6) is 0. The first-order chi connectivity index (χ1) is 10.2. The Bertz CT molecular complexity index is 403. The van der Waals surface area contributed by atoms with Gasteiger partial charge in [-0.3, -0.25) is 0 Å². The summed E-state index contributed by atoms with van der Waals surface area (Å²) in [6.07, 6.45) is 0. The smallest absolute Gasteiger partial charge is 0.0635 e. The van der Waals surface area contributed by atoms with Gasteiger partial charge in [0.1, 0.15) is 0 Å². The average molecular weight is 298 g/mol. The number of rotatable bonds is 10. The van der Waals surface area contributed by atoms with Crippen LogP contribution in [0.4, 0.5) is 11.4 Å². The van der Waals surface area contributed by atoms with Gasteiger partial charge in [0, 0.05) is 26.2 Å². The van der Waals surface area contributed by atoms with Crippen molar-refractivity contribution in [1.29, 1.82) is 0 Å². The van der Waals surface area contributed by atoms with E-state index in [9.17, 15) is 20.4 Å². The zero-order valence-corrected chi connectivity index (χ0v) is 12.6. The van der Waals surface area contributed by atoms with E-state index in [0.717, 1.165) is 16.9 Å². The summed E-state index contributed by atoms with van der Waals surface area (Å²) in [6.45, 7) is 3.63. The van der Waals surface area contributed by atoms with Crippen molar-refractivity contribution in [2.75, 3.05) is 62.4 Å². The Balaban J connectivity index is 3.20. The van der Waals surface area contributed by atoms with Gasteiger partial charge in [-0.05, 0) is 18.6 Å². The molecule has 1 aromatic rings. The van der Waals surface area contributed by atoms with E-state index in [1.165, 1.54) is 0 Å². The highest BCUT2D eigenvalue weighted by Gasteiger charge is 2.17. The molecule has 120 valence electrons. The highest BCUT2D eigenvalue weighted by Crippen LogP contribution is 2.32. The van der Waals surface area contributed by atoms with Crippen LogP contribution in [0.3, 0.4) is 0 Å². The van der Waals surface area contributed by atoms with Crippen LogP contribution in [0.15, 0.2) is 18.2 Å². The van der Waals surface area contributed by atoms with Crippen molar-refractivity contribution in [3.05, 3.63) is 23.8 Å². The van der Waals surface area contributed by atoms with Gasteiger partial charge in [0.15, 0.2) is 0 Å². The molecule has 6 heteroatoms. The molecule has 0 radical (unpaired) electrons. The van der Waals surface area contributed by atoms with Gasteiger partial charge in [0.25, 0.3) is 0 Å². The molecule has 21 heavy (non-hydrogen) atoms. The monoisotopic (exact) mass is 298 g/mol.